The predicted octanol–water partition coefficient (Wildman–Crippen LogP) is 1.06. The molecule has 24 heavy (non-hydrogen) atoms. The van der Waals surface area contributed by atoms with Crippen LogP contribution in [-0.4, -0.2) is 79.4 Å². The van der Waals surface area contributed by atoms with Crippen LogP contribution in [0, 0.1) is 3.95 Å². The fourth-order valence-electron chi connectivity index (χ4n) is 2.97. The van der Waals surface area contributed by atoms with Gasteiger partial charge in [0, 0.05) is 39.3 Å². The highest BCUT2D eigenvalue weighted by Crippen LogP contribution is 2.24. The van der Waals surface area contributed by atoms with Crippen LogP contribution in [0.1, 0.15) is 16.1 Å². The molecule has 0 unspecified atom stereocenters. The highest BCUT2D eigenvalue weighted by atomic mass is 32.1. The molecule has 2 fully saturated rings. The molecule has 0 bridgehead atoms. The maximum atomic E-state index is 12.6. The van der Waals surface area contributed by atoms with Gasteiger partial charge in [-0.05, 0) is 18.6 Å². The normalized spacial score (nSPS) is 19.6. The molecule has 0 spiro atoms. The van der Waals surface area contributed by atoms with Gasteiger partial charge < -0.3 is 24.7 Å². The van der Waals surface area contributed by atoms with Gasteiger partial charge in [-0.1, -0.05) is 11.3 Å². The highest BCUT2D eigenvalue weighted by Gasteiger charge is 2.24. The lowest BCUT2D eigenvalue weighted by atomic mass is 10.3. The number of aromatic nitrogens is 1. The van der Waals surface area contributed by atoms with E-state index in [9.17, 15) is 4.79 Å². The lowest BCUT2D eigenvalue weighted by molar-refractivity contribution is 0.0306. The maximum absolute atomic E-state index is 12.6. The summed E-state index contributed by atoms with van der Waals surface area (Å²) in [5.74, 6) is 0.474. The number of rotatable bonds is 5. The van der Waals surface area contributed by atoms with Crippen LogP contribution in [0.2, 0.25) is 0 Å². The number of hydrogen-bond acceptors (Lipinski definition) is 7. The first-order chi connectivity index (χ1) is 11.7. The minimum atomic E-state index is -0.0289. The average molecular weight is 373 g/mol. The van der Waals surface area contributed by atoms with Crippen molar-refractivity contribution in [1.82, 2.24) is 14.4 Å². The molecule has 3 rings (SSSR count). The summed E-state index contributed by atoms with van der Waals surface area (Å²) >= 11 is 6.74. The van der Waals surface area contributed by atoms with Crippen LogP contribution in [0.25, 0.3) is 0 Å². The molecule has 1 aromatic heterocycles. The Bertz CT molecular complexity index is 619. The molecule has 2 aliphatic heterocycles. The number of hydrogen-bond donors (Lipinski definition) is 1. The van der Waals surface area contributed by atoms with E-state index < -0.39 is 0 Å². The first-order valence-corrected chi connectivity index (χ1v) is 9.55. The molecule has 0 saturated carbocycles. The van der Waals surface area contributed by atoms with Gasteiger partial charge in [-0.3, -0.25) is 9.69 Å². The van der Waals surface area contributed by atoms with Gasteiger partial charge in [0.25, 0.3) is 5.91 Å². The third kappa shape index (κ3) is 4.15. The molecule has 2 aliphatic rings. The number of nitrogens with two attached hydrogens (primary N) is 1. The number of nitrogen functional groups attached to an aromatic ring is 1. The minimum absolute atomic E-state index is 0.0289. The van der Waals surface area contributed by atoms with Crippen molar-refractivity contribution in [2.75, 3.05) is 64.9 Å². The molecular formula is C15H24N4O3S2. The summed E-state index contributed by atoms with van der Waals surface area (Å²) < 4.78 is 13.2. The van der Waals surface area contributed by atoms with Gasteiger partial charge in [-0.25, -0.2) is 0 Å². The Morgan fingerprint density at radius 2 is 1.71 bits per heavy atom. The Labute approximate surface area is 150 Å². The van der Waals surface area contributed by atoms with Crippen LogP contribution in [0.4, 0.5) is 5.82 Å². The van der Waals surface area contributed by atoms with Gasteiger partial charge in [0.1, 0.15) is 10.7 Å². The van der Waals surface area contributed by atoms with Crippen molar-refractivity contribution in [3.05, 3.63) is 8.83 Å². The molecule has 1 aromatic rings. The van der Waals surface area contributed by atoms with E-state index in [0.717, 1.165) is 45.8 Å². The number of nitrogens with zero attached hydrogens (tertiary/aromatic N) is 3. The fourth-order valence-corrected chi connectivity index (χ4v) is 4.31. The van der Waals surface area contributed by atoms with E-state index in [2.05, 4.69) is 4.90 Å². The Morgan fingerprint density at radius 1 is 1.08 bits per heavy atom. The lowest BCUT2D eigenvalue weighted by Gasteiger charge is -2.26. The summed E-state index contributed by atoms with van der Waals surface area (Å²) in [5.41, 5.74) is 6.23. The molecule has 9 heteroatoms. The number of carbonyl (C=O) groups excluding carboxylic acids is 1. The monoisotopic (exact) mass is 372 g/mol. The number of morpholine rings is 2. The second-order valence-corrected chi connectivity index (χ2v) is 7.59. The van der Waals surface area contributed by atoms with E-state index in [0.29, 0.717) is 41.0 Å². The Kier molecular flexibility index (Phi) is 6.23. The van der Waals surface area contributed by atoms with Crippen LogP contribution in [0.15, 0.2) is 0 Å². The largest absolute Gasteiger partial charge is 0.384 e. The van der Waals surface area contributed by atoms with Crippen molar-refractivity contribution in [1.29, 1.82) is 0 Å². The van der Waals surface area contributed by atoms with Gasteiger partial charge in [0.05, 0.1) is 26.4 Å². The van der Waals surface area contributed by atoms with Crippen LogP contribution >= 0.6 is 23.6 Å². The number of thiazole rings is 1. The quantitative estimate of drug-likeness (QED) is 0.779. The van der Waals surface area contributed by atoms with Crippen LogP contribution in [0.5, 0.6) is 0 Å². The summed E-state index contributed by atoms with van der Waals surface area (Å²) in [4.78, 5) is 17.4. The van der Waals surface area contributed by atoms with Crippen LogP contribution < -0.4 is 5.73 Å². The SMILES string of the molecule is Nc1c(C(=O)N2CCOCC2)sc(=S)n1CCCN1CCOCC1. The third-order valence-electron chi connectivity index (χ3n) is 4.39. The van der Waals surface area contributed by atoms with E-state index in [1.54, 1.807) is 4.90 Å². The Balaban J connectivity index is 1.60. The standard InChI is InChI=1S/C15H24N4O3S2/c16-13-12(14(20)18-6-10-22-11-7-18)24-15(23)19(13)3-1-2-17-4-8-21-9-5-17/h1-11,16H2. The predicted molar refractivity (Wildman–Crippen MR) is 96.2 cm³/mol. The van der Waals surface area contributed by atoms with Crippen molar-refractivity contribution in [2.24, 2.45) is 0 Å². The number of amides is 1. The third-order valence-corrected chi connectivity index (χ3v) is 5.84. The van der Waals surface area contributed by atoms with Gasteiger partial charge in [0.2, 0.25) is 0 Å². The zero-order valence-corrected chi connectivity index (χ0v) is 15.4. The van der Waals surface area contributed by atoms with Gasteiger partial charge >= 0.3 is 0 Å². The molecule has 2 N–H and O–H groups in total. The molecule has 1 amide bonds. The second kappa shape index (κ2) is 8.39. The fraction of sp³-hybridized carbons (Fsp3) is 0.733. The zero-order chi connectivity index (χ0) is 16.9. The van der Waals surface area contributed by atoms with Crippen molar-refractivity contribution in [2.45, 2.75) is 13.0 Å². The highest BCUT2D eigenvalue weighted by molar-refractivity contribution is 7.73. The van der Waals surface area contributed by atoms with E-state index in [1.165, 1.54) is 11.3 Å². The van der Waals surface area contributed by atoms with Crippen LogP contribution in [0.3, 0.4) is 0 Å². The molecule has 2 saturated heterocycles. The average Bonchev–Trinajstić information content (AvgIpc) is 2.91. The molecule has 0 atom stereocenters. The minimum Gasteiger partial charge on any atom is -0.384 e. The van der Waals surface area contributed by atoms with Crippen molar-refractivity contribution >= 4 is 35.3 Å². The summed E-state index contributed by atoms with van der Waals surface area (Å²) in [6, 6.07) is 0. The van der Waals surface area contributed by atoms with Gasteiger partial charge in [-0.15, -0.1) is 0 Å². The summed E-state index contributed by atoms with van der Waals surface area (Å²) in [7, 11) is 0. The lowest BCUT2D eigenvalue weighted by Crippen LogP contribution is -2.40. The van der Waals surface area contributed by atoms with Gasteiger partial charge in [0.15, 0.2) is 3.95 Å². The van der Waals surface area contributed by atoms with Crippen molar-refractivity contribution < 1.29 is 14.3 Å². The van der Waals surface area contributed by atoms with Crippen molar-refractivity contribution in [3.63, 3.8) is 0 Å². The second-order valence-electron chi connectivity index (χ2n) is 5.95. The van der Waals surface area contributed by atoms with Crippen LogP contribution in [-0.2, 0) is 16.0 Å². The molecule has 7 nitrogen and oxygen atoms in total. The summed E-state index contributed by atoms with van der Waals surface area (Å²) in [5, 5.41) is 0. The summed E-state index contributed by atoms with van der Waals surface area (Å²) in [6.45, 7) is 7.68. The summed E-state index contributed by atoms with van der Waals surface area (Å²) in [6.07, 6.45) is 0.959. The molecule has 134 valence electrons. The number of anilines is 1. The molecule has 0 aromatic carbocycles. The topological polar surface area (TPSA) is 73.0 Å². The van der Waals surface area contributed by atoms with E-state index in [-0.39, 0.29) is 5.91 Å². The Morgan fingerprint density at radius 3 is 2.38 bits per heavy atom. The molecule has 0 radical (unpaired) electrons. The van der Waals surface area contributed by atoms with E-state index in [4.69, 9.17) is 27.4 Å². The first kappa shape index (κ1) is 17.8. The zero-order valence-electron chi connectivity index (χ0n) is 13.7. The number of carbonyl (C=O) groups is 1. The molecule has 3 heterocycles. The molecular weight excluding hydrogens is 348 g/mol. The van der Waals surface area contributed by atoms with E-state index >= 15 is 0 Å². The first-order valence-electron chi connectivity index (χ1n) is 8.33. The number of ether oxygens (including phenoxy) is 2. The van der Waals surface area contributed by atoms with Gasteiger partial charge in [-0.2, -0.15) is 0 Å². The smallest absolute Gasteiger partial charge is 0.267 e. The Hall–Kier alpha value is -1.00. The maximum Gasteiger partial charge on any atom is 0.267 e. The van der Waals surface area contributed by atoms with E-state index in [1.807, 2.05) is 4.57 Å². The van der Waals surface area contributed by atoms with Crippen molar-refractivity contribution in [3.8, 4) is 0 Å². The molecule has 0 aliphatic carbocycles.